The summed E-state index contributed by atoms with van der Waals surface area (Å²) in [5, 5.41) is 6.76. The van der Waals surface area contributed by atoms with Gasteiger partial charge in [-0.3, -0.25) is 9.36 Å². The molecule has 2 aromatic carbocycles. The fourth-order valence-electron chi connectivity index (χ4n) is 4.39. The monoisotopic (exact) mass is 436 g/mol. The van der Waals surface area contributed by atoms with Crippen LogP contribution in [0.1, 0.15) is 19.3 Å². The van der Waals surface area contributed by atoms with E-state index in [1.54, 1.807) is 16.7 Å². The highest BCUT2D eigenvalue weighted by atomic mass is 19.1. The second-order valence-corrected chi connectivity index (χ2v) is 8.60. The van der Waals surface area contributed by atoms with E-state index in [9.17, 15) is 14.0 Å². The number of nitrogens with zero attached hydrogens (tertiary/aromatic N) is 3. The van der Waals surface area contributed by atoms with Crippen LogP contribution >= 0.6 is 0 Å². The third kappa shape index (κ3) is 3.92. The maximum absolute atomic E-state index is 14.4. The van der Waals surface area contributed by atoms with Gasteiger partial charge in [0.15, 0.2) is 5.82 Å². The van der Waals surface area contributed by atoms with Crippen LogP contribution in [0.25, 0.3) is 22.5 Å². The van der Waals surface area contributed by atoms with Crippen LogP contribution in [-0.2, 0) is 11.3 Å². The molecule has 1 aliphatic heterocycles. The van der Waals surface area contributed by atoms with Crippen molar-refractivity contribution in [2.75, 3.05) is 20.2 Å². The first kappa shape index (κ1) is 20.5. The van der Waals surface area contributed by atoms with Crippen LogP contribution in [0.4, 0.5) is 4.39 Å². The van der Waals surface area contributed by atoms with Crippen molar-refractivity contribution in [3.8, 4) is 28.3 Å². The second kappa shape index (κ2) is 8.26. The number of amides is 1. The molecule has 1 aromatic heterocycles. The molecule has 166 valence electrons. The Labute approximate surface area is 184 Å². The van der Waals surface area contributed by atoms with Gasteiger partial charge < -0.3 is 9.64 Å². The summed E-state index contributed by atoms with van der Waals surface area (Å²) in [7, 11) is 1.50. The molecule has 7 nitrogen and oxygen atoms in total. The molecule has 8 heteroatoms. The number of aromatic nitrogens is 3. The molecule has 0 bridgehead atoms. The highest BCUT2D eigenvalue weighted by Crippen LogP contribution is 2.33. The van der Waals surface area contributed by atoms with Gasteiger partial charge in [0.05, 0.1) is 7.11 Å². The molecule has 2 heterocycles. The first-order chi connectivity index (χ1) is 15.5. The summed E-state index contributed by atoms with van der Waals surface area (Å²) >= 11 is 0. The molecular weight excluding hydrogens is 411 g/mol. The van der Waals surface area contributed by atoms with Crippen molar-refractivity contribution in [3.05, 3.63) is 58.8 Å². The minimum Gasteiger partial charge on any atom is -0.497 e. The Bertz CT molecular complexity index is 1200. The van der Waals surface area contributed by atoms with Crippen molar-refractivity contribution < 1.29 is 13.9 Å². The van der Waals surface area contributed by atoms with Crippen molar-refractivity contribution in [2.45, 2.75) is 25.8 Å². The van der Waals surface area contributed by atoms with Gasteiger partial charge in [-0.25, -0.2) is 14.3 Å². The number of carbonyl (C=O) groups excluding carboxylic acids is 1. The summed E-state index contributed by atoms with van der Waals surface area (Å²) in [6, 6.07) is 12.1. The average Bonchev–Trinajstić information content (AvgIpc) is 3.46. The molecule has 1 atom stereocenters. The zero-order valence-electron chi connectivity index (χ0n) is 17.9. The van der Waals surface area contributed by atoms with E-state index in [0.29, 0.717) is 30.2 Å². The molecule has 1 unspecified atom stereocenters. The van der Waals surface area contributed by atoms with Crippen molar-refractivity contribution in [1.82, 2.24) is 19.7 Å². The largest absolute Gasteiger partial charge is 0.497 e. The lowest BCUT2D eigenvalue weighted by atomic mass is 10.0. The Morgan fingerprint density at radius 1 is 1.16 bits per heavy atom. The summed E-state index contributed by atoms with van der Waals surface area (Å²) in [6.07, 6.45) is 2.88. The van der Waals surface area contributed by atoms with Crippen molar-refractivity contribution in [1.29, 1.82) is 0 Å². The molecule has 0 spiro atoms. The van der Waals surface area contributed by atoms with Gasteiger partial charge in [0.2, 0.25) is 5.91 Å². The SMILES string of the molecule is COc1ccc(-c2ccc(-c3n[nH]c(=O)n3CC3CCN(C(=O)C4CC4)C3)cc2)c(F)c1. The predicted molar refractivity (Wildman–Crippen MR) is 118 cm³/mol. The standard InChI is InChI=1S/C24H25FN4O3/c1-32-19-8-9-20(21(25)12-19)16-2-4-17(5-3-16)22-26-27-24(31)29(22)14-15-10-11-28(13-15)23(30)18-6-7-18/h2-5,8-9,12,15,18H,6-7,10-11,13-14H2,1H3,(H,27,31). The lowest BCUT2D eigenvalue weighted by molar-refractivity contribution is -0.131. The molecule has 1 saturated carbocycles. The number of benzene rings is 2. The van der Waals surface area contributed by atoms with E-state index in [1.807, 2.05) is 29.2 Å². The maximum atomic E-state index is 14.4. The van der Waals surface area contributed by atoms with Crippen molar-refractivity contribution in [3.63, 3.8) is 0 Å². The summed E-state index contributed by atoms with van der Waals surface area (Å²) in [4.78, 5) is 26.7. The minimum atomic E-state index is -0.361. The fourth-order valence-corrected chi connectivity index (χ4v) is 4.39. The Hall–Kier alpha value is -3.42. The third-order valence-electron chi connectivity index (χ3n) is 6.35. The number of ether oxygens (including phenoxy) is 1. The minimum absolute atomic E-state index is 0.218. The molecule has 0 radical (unpaired) electrons. The highest BCUT2D eigenvalue weighted by Gasteiger charge is 2.36. The molecule has 32 heavy (non-hydrogen) atoms. The van der Waals surface area contributed by atoms with Crippen LogP contribution in [0, 0.1) is 17.7 Å². The van der Waals surface area contributed by atoms with Crippen LogP contribution in [0.5, 0.6) is 5.75 Å². The molecule has 1 N–H and O–H groups in total. The Kier molecular flexibility index (Phi) is 5.28. The van der Waals surface area contributed by atoms with E-state index in [2.05, 4.69) is 10.2 Å². The van der Waals surface area contributed by atoms with Gasteiger partial charge in [0, 0.05) is 42.7 Å². The fraction of sp³-hybridized carbons (Fsp3) is 0.375. The lowest BCUT2D eigenvalue weighted by Crippen LogP contribution is -2.31. The number of carbonyl (C=O) groups is 1. The molecular formula is C24H25FN4O3. The number of rotatable bonds is 6. The summed E-state index contributed by atoms with van der Waals surface area (Å²) in [5.41, 5.74) is 1.70. The van der Waals surface area contributed by atoms with E-state index >= 15 is 0 Å². The molecule has 1 amide bonds. The quantitative estimate of drug-likeness (QED) is 0.643. The van der Waals surface area contributed by atoms with Crippen LogP contribution in [-0.4, -0.2) is 45.8 Å². The van der Waals surface area contributed by atoms with Gasteiger partial charge in [-0.15, -0.1) is 0 Å². The van der Waals surface area contributed by atoms with Crippen LogP contribution < -0.4 is 10.4 Å². The summed E-state index contributed by atoms with van der Waals surface area (Å²) in [5.74, 6) is 1.35. The van der Waals surface area contributed by atoms with Gasteiger partial charge in [-0.05, 0) is 42.9 Å². The number of H-pyrrole nitrogens is 1. The van der Waals surface area contributed by atoms with Crippen LogP contribution in [0.15, 0.2) is 47.3 Å². The zero-order chi connectivity index (χ0) is 22.2. The number of hydrogen-bond acceptors (Lipinski definition) is 4. The number of likely N-dealkylation sites (tertiary alicyclic amines) is 1. The molecule has 3 aromatic rings. The first-order valence-electron chi connectivity index (χ1n) is 10.9. The van der Waals surface area contributed by atoms with Crippen LogP contribution in [0.2, 0.25) is 0 Å². The van der Waals surface area contributed by atoms with E-state index in [4.69, 9.17) is 4.74 Å². The van der Waals surface area contributed by atoms with Crippen molar-refractivity contribution in [2.24, 2.45) is 11.8 Å². The maximum Gasteiger partial charge on any atom is 0.343 e. The Morgan fingerprint density at radius 3 is 2.59 bits per heavy atom. The van der Waals surface area contributed by atoms with Gasteiger partial charge >= 0.3 is 5.69 Å². The van der Waals surface area contributed by atoms with Crippen molar-refractivity contribution >= 4 is 5.91 Å². The Morgan fingerprint density at radius 2 is 1.91 bits per heavy atom. The lowest BCUT2D eigenvalue weighted by Gasteiger charge is -2.16. The second-order valence-electron chi connectivity index (χ2n) is 8.60. The normalized spacial score (nSPS) is 18.2. The summed E-state index contributed by atoms with van der Waals surface area (Å²) in [6.45, 7) is 1.94. The van der Waals surface area contributed by atoms with E-state index in [-0.39, 0.29) is 29.2 Å². The third-order valence-corrected chi connectivity index (χ3v) is 6.35. The van der Waals surface area contributed by atoms with Gasteiger partial charge in [-0.2, -0.15) is 5.10 Å². The van der Waals surface area contributed by atoms with E-state index in [0.717, 1.165) is 36.9 Å². The predicted octanol–water partition coefficient (Wildman–Crippen LogP) is 3.31. The van der Waals surface area contributed by atoms with Gasteiger partial charge in [0.25, 0.3) is 0 Å². The van der Waals surface area contributed by atoms with Crippen LogP contribution in [0.3, 0.4) is 0 Å². The topological polar surface area (TPSA) is 80.2 Å². The molecule has 1 saturated heterocycles. The Balaban J connectivity index is 1.34. The zero-order valence-corrected chi connectivity index (χ0v) is 17.9. The number of halogens is 1. The molecule has 2 fully saturated rings. The number of nitrogens with one attached hydrogen (secondary N) is 1. The van der Waals surface area contributed by atoms with E-state index in [1.165, 1.54) is 13.2 Å². The molecule has 2 aliphatic rings. The van der Waals surface area contributed by atoms with Gasteiger partial charge in [-0.1, -0.05) is 24.3 Å². The summed E-state index contributed by atoms with van der Waals surface area (Å²) < 4.78 is 21.1. The number of aromatic amines is 1. The molecule has 1 aliphatic carbocycles. The highest BCUT2D eigenvalue weighted by molar-refractivity contribution is 5.81. The molecule has 5 rings (SSSR count). The van der Waals surface area contributed by atoms with Gasteiger partial charge in [0.1, 0.15) is 11.6 Å². The van der Waals surface area contributed by atoms with E-state index < -0.39 is 0 Å². The first-order valence-corrected chi connectivity index (χ1v) is 10.9. The average molecular weight is 436 g/mol. The number of methoxy groups -OCH3 is 1. The smallest absolute Gasteiger partial charge is 0.343 e. The number of hydrogen-bond donors (Lipinski definition) is 1.